The van der Waals surface area contributed by atoms with Crippen LogP contribution in [0.4, 0.5) is 0 Å². The van der Waals surface area contributed by atoms with Gasteiger partial charge in [-0.1, -0.05) is 0 Å². The molecule has 1 atom stereocenters. The number of nitrogens with two attached hydrogens (primary N) is 2. The van der Waals surface area contributed by atoms with Gasteiger partial charge in [-0.05, 0) is 41.5 Å². The van der Waals surface area contributed by atoms with Crippen molar-refractivity contribution >= 4 is 21.0 Å². The molecule has 14 heavy (non-hydrogen) atoms. The van der Waals surface area contributed by atoms with E-state index in [2.05, 4.69) is 32.5 Å². The lowest BCUT2D eigenvalue weighted by atomic mass is 10.3. The summed E-state index contributed by atoms with van der Waals surface area (Å²) >= 11 is 0. The van der Waals surface area contributed by atoms with Crippen LogP contribution in [-0.4, -0.2) is 19.5 Å². The van der Waals surface area contributed by atoms with Crippen LogP contribution in [0.2, 0.25) is 0 Å². The lowest BCUT2D eigenvalue weighted by Crippen LogP contribution is -2.28. The molecule has 0 heterocycles. The van der Waals surface area contributed by atoms with Crippen LogP contribution >= 0.6 is 10.8 Å². The molecule has 4 nitrogen and oxygen atoms in total. The molecule has 0 aliphatic heterocycles. The van der Waals surface area contributed by atoms with Gasteiger partial charge in [0.05, 0.1) is 15.5 Å². The van der Waals surface area contributed by atoms with E-state index in [-0.39, 0.29) is 15.0 Å². The minimum atomic E-state index is -0.790. The molecular weight excluding hydrogens is 220 g/mol. The zero-order valence-corrected chi connectivity index (χ0v) is 11.5. The van der Waals surface area contributed by atoms with Crippen LogP contribution in [0.5, 0.6) is 0 Å². The van der Waals surface area contributed by atoms with E-state index in [0.717, 1.165) is 0 Å². The Kier molecular flexibility index (Phi) is 11.1. The molecule has 0 aromatic heterocycles. The monoisotopic (exact) mass is 244 g/mol. The maximum atomic E-state index is 11.6. The van der Waals surface area contributed by atoms with Crippen LogP contribution in [0.25, 0.3) is 0 Å². The third-order valence-corrected chi connectivity index (χ3v) is 5.93. The van der Waals surface area contributed by atoms with Crippen LogP contribution in [-0.2, 0) is 10.2 Å². The summed E-state index contributed by atoms with van der Waals surface area (Å²) < 4.78 is 11.6. The molecule has 0 spiro atoms. The van der Waals surface area contributed by atoms with Crippen molar-refractivity contribution in [1.82, 2.24) is 0 Å². The normalized spacial score (nSPS) is 13.5. The quantitative estimate of drug-likeness (QED) is 0.310. The first-order valence-electron chi connectivity index (χ1n) is 4.07. The Labute approximate surface area is 94.0 Å². The van der Waals surface area contributed by atoms with Gasteiger partial charge in [0.1, 0.15) is 4.75 Å². The Morgan fingerprint density at radius 2 is 1.29 bits per heavy atom. The highest BCUT2D eigenvalue weighted by atomic mass is 33.1. The Morgan fingerprint density at radius 1 is 1.00 bits per heavy atom. The summed E-state index contributed by atoms with van der Waals surface area (Å²) in [5.41, 5.74) is 0. The third kappa shape index (κ3) is 12.5. The van der Waals surface area contributed by atoms with E-state index in [9.17, 15) is 4.55 Å². The first-order valence-corrected chi connectivity index (χ1v) is 6.56. The molecule has 0 aromatic rings. The summed E-state index contributed by atoms with van der Waals surface area (Å²) in [5, 5.41) is 0. The van der Waals surface area contributed by atoms with Crippen LogP contribution in [0.1, 0.15) is 41.5 Å². The maximum absolute atomic E-state index is 11.6. The SMILES string of the molecule is CC(C)(C)S[S+]([O-])C(C)(C)C.NN.O. The highest BCUT2D eigenvalue weighted by Gasteiger charge is 2.32. The molecule has 0 fully saturated rings. The average molecular weight is 244 g/mol. The van der Waals surface area contributed by atoms with Gasteiger partial charge in [-0.2, -0.15) is 0 Å². The van der Waals surface area contributed by atoms with Gasteiger partial charge in [-0.25, -0.2) is 0 Å². The topological polar surface area (TPSA) is 107 Å². The molecule has 6 N–H and O–H groups in total. The molecule has 1 unspecified atom stereocenters. The van der Waals surface area contributed by atoms with Crippen molar-refractivity contribution in [3.63, 3.8) is 0 Å². The zero-order valence-electron chi connectivity index (χ0n) is 9.88. The molecule has 0 bridgehead atoms. The van der Waals surface area contributed by atoms with Crippen LogP contribution in [0.15, 0.2) is 0 Å². The van der Waals surface area contributed by atoms with E-state index in [1.165, 1.54) is 10.8 Å². The van der Waals surface area contributed by atoms with Crippen molar-refractivity contribution in [1.29, 1.82) is 0 Å². The van der Waals surface area contributed by atoms with Crippen molar-refractivity contribution in [2.75, 3.05) is 0 Å². The van der Waals surface area contributed by atoms with Gasteiger partial charge >= 0.3 is 0 Å². The summed E-state index contributed by atoms with van der Waals surface area (Å²) in [4.78, 5) is 0. The van der Waals surface area contributed by atoms with Crippen molar-refractivity contribution in [3.05, 3.63) is 0 Å². The van der Waals surface area contributed by atoms with E-state index < -0.39 is 10.2 Å². The molecule has 0 aliphatic rings. The summed E-state index contributed by atoms with van der Waals surface area (Å²) in [6, 6.07) is 0. The van der Waals surface area contributed by atoms with E-state index in [1.807, 2.05) is 20.8 Å². The Balaban J connectivity index is -0.000000376. The predicted molar refractivity (Wildman–Crippen MR) is 67.2 cm³/mol. The highest BCUT2D eigenvalue weighted by Crippen LogP contribution is 2.36. The van der Waals surface area contributed by atoms with Crippen molar-refractivity contribution < 1.29 is 10.0 Å². The van der Waals surface area contributed by atoms with Gasteiger partial charge in [-0.15, -0.1) is 0 Å². The molecule has 0 aliphatic carbocycles. The van der Waals surface area contributed by atoms with Crippen molar-refractivity contribution in [3.8, 4) is 0 Å². The largest absolute Gasteiger partial charge is 0.605 e. The van der Waals surface area contributed by atoms with Crippen LogP contribution in [0.3, 0.4) is 0 Å². The Morgan fingerprint density at radius 3 is 1.36 bits per heavy atom. The van der Waals surface area contributed by atoms with Crippen molar-refractivity contribution in [2.24, 2.45) is 11.7 Å². The van der Waals surface area contributed by atoms with Gasteiger partial charge in [-0.3, -0.25) is 11.7 Å². The molecule has 0 saturated carbocycles. The number of hydrogen-bond acceptors (Lipinski definition) is 4. The first kappa shape index (κ1) is 20.0. The molecule has 0 rings (SSSR count). The second-order valence-corrected chi connectivity index (χ2v) is 9.04. The summed E-state index contributed by atoms with van der Waals surface area (Å²) in [6.07, 6.45) is 0. The summed E-state index contributed by atoms with van der Waals surface area (Å²) in [5.74, 6) is 8.00. The Hall–Kier alpha value is 0.540. The number of hydrogen-bond donors (Lipinski definition) is 2. The van der Waals surface area contributed by atoms with Crippen LogP contribution < -0.4 is 11.7 Å². The van der Waals surface area contributed by atoms with Gasteiger partial charge < -0.3 is 10.0 Å². The number of rotatable bonds is 1. The smallest absolute Gasteiger partial charge is 0.129 e. The summed E-state index contributed by atoms with van der Waals surface area (Å²) in [7, 11) is 0.746. The third-order valence-electron chi connectivity index (χ3n) is 0.826. The lowest BCUT2D eigenvalue weighted by molar-refractivity contribution is 0.575. The molecule has 0 aromatic carbocycles. The minimum absolute atomic E-state index is 0. The van der Waals surface area contributed by atoms with Gasteiger partial charge in [0.2, 0.25) is 0 Å². The Bertz CT molecular complexity index is 132. The fourth-order valence-electron chi connectivity index (χ4n) is 0.352. The second-order valence-electron chi connectivity index (χ2n) is 4.54. The second kappa shape index (κ2) is 7.78. The summed E-state index contributed by atoms with van der Waals surface area (Å²) in [6.45, 7) is 12.3. The van der Waals surface area contributed by atoms with E-state index >= 15 is 0 Å². The van der Waals surface area contributed by atoms with Gasteiger partial charge in [0.25, 0.3) is 0 Å². The zero-order chi connectivity index (χ0) is 11.3. The first-order chi connectivity index (χ1) is 5.63. The molecular formula is C8H24N2O2S2. The van der Waals surface area contributed by atoms with E-state index in [0.29, 0.717) is 0 Å². The molecule has 6 heteroatoms. The highest BCUT2D eigenvalue weighted by molar-refractivity contribution is 8.72. The van der Waals surface area contributed by atoms with Crippen molar-refractivity contribution in [2.45, 2.75) is 51.0 Å². The molecule has 0 amide bonds. The fourth-order valence-corrected chi connectivity index (χ4v) is 3.17. The molecule has 0 radical (unpaired) electrons. The van der Waals surface area contributed by atoms with E-state index in [1.54, 1.807) is 0 Å². The van der Waals surface area contributed by atoms with E-state index in [4.69, 9.17) is 0 Å². The lowest BCUT2D eigenvalue weighted by Gasteiger charge is -2.27. The average Bonchev–Trinajstić information content (AvgIpc) is 1.86. The maximum Gasteiger partial charge on any atom is 0.129 e. The molecule has 90 valence electrons. The molecule has 0 saturated heterocycles. The van der Waals surface area contributed by atoms with Crippen LogP contribution in [0, 0.1) is 0 Å². The van der Waals surface area contributed by atoms with Gasteiger partial charge in [0, 0.05) is 10.2 Å². The number of hydrazine groups is 1. The fraction of sp³-hybridized carbons (Fsp3) is 1.00. The van der Waals surface area contributed by atoms with Gasteiger partial charge in [0.15, 0.2) is 0 Å². The minimum Gasteiger partial charge on any atom is -0.605 e. The standard InChI is InChI=1S/C8H18OS2.H4N2.H2O/c1-7(2,3)10-11(9)8(4,5)6;1-2;/h1-6H3;1-2H2;1H2. The predicted octanol–water partition coefficient (Wildman–Crippen LogP) is 0.974.